The Balaban J connectivity index is 2.49. The van der Waals surface area contributed by atoms with Crippen LogP contribution in [0, 0.1) is 5.82 Å². The maximum absolute atomic E-state index is 13.3. The van der Waals surface area contributed by atoms with Gasteiger partial charge in [0.25, 0.3) is 0 Å². The highest BCUT2D eigenvalue weighted by Crippen LogP contribution is 2.19. The summed E-state index contributed by atoms with van der Waals surface area (Å²) < 4.78 is 24.4. The molecular formula is C11H15BrFNO2. The van der Waals surface area contributed by atoms with E-state index in [0.29, 0.717) is 17.5 Å². The van der Waals surface area contributed by atoms with Crippen molar-refractivity contribution >= 4 is 15.9 Å². The number of nitrogens with zero attached hydrogens (tertiary/aromatic N) is 1. The molecule has 0 spiro atoms. The van der Waals surface area contributed by atoms with Crippen molar-refractivity contribution in [2.45, 2.75) is 25.9 Å². The van der Waals surface area contributed by atoms with E-state index in [1.165, 1.54) is 12.3 Å². The van der Waals surface area contributed by atoms with E-state index in [9.17, 15) is 4.39 Å². The van der Waals surface area contributed by atoms with Gasteiger partial charge in [0.2, 0.25) is 5.88 Å². The Morgan fingerprint density at radius 3 is 2.75 bits per heavy atom. The zero-order chi connectivity index (χ0) is 12.2. The molecule has 3 nitrogen and oxygen atoms in total. The number of methoxy groups -OCH3 is 1. The quantitative estimate of drug-likeness (QED) is 0.835. The summed E-state index contributed by atoms with van der Waals surface area (Å²) in [4.78, 5) is 3.84. The van der Waals surface area contributed by atoms with Gasteiger partial charge in [-0.15, -0.1) is 0 Å². The standard InChI is InChI=1S/C11H15BrFNO2/c1-11(2,15-3)4-5-16-10-9(13)6-8(12)7-14-10/h6-7H,4-5H2,1-3H3. The van der Waals surface area contributed by atoms with Crippen LogP contribution in [0.5, 0.6) is 5.88 Å². The van der Waals surface area contributed by atoms with Crippen LogP contribution in [0.1, 0.15) is 20.3 Å². The molecule has 1 heterocycles. The maximum atomic E-state index is 13.3. The Morgan fingerprint density at radius 1 is 1.50 bits per heavy atom. The van der Waals surface area contributed by atoms with Crippen molar-refractivity contribution in [3.8, 4) is 5.88 Å². The second-order valence-corrected chi connectivity index (χ2v) is 4.92. The summed E-state index contributed by atoms with van der Waals surface area (Å²) in [7, 11) is 1.64. The van der Waals surface area contributed by atoms with Gasteiger partial charge in [0.05, 0.1) is 12.2 Å². The van der Waals surface area contributed by atoms with E-state index in [1.807, 2.05) is 13.8 Å². The third kappa shape index (κ3) is 4.06. The van der Waals surface area contributed by atoms with Gasteiger partial charge >= 0.3 is 0 Å². The molecule has 0 N–H and O–H groups in total. The first-order chi connectivity index (χ1) is 7.44. The number of hydrogen-bond acceptors (Lipinski definition) is 3. The normalized spacial score (nSPS) is 11.6. The fourth-order valence-electron chi connectivity index (χ4n) is 1.00. The van der Waals surface area contributed by atoms with Crippen LogP contribution in [-0.2, 0) is 4.74 Å². The molecule has 0 radical (unpaired) electrons. The average Bonchev–Trinajstić information content (AvgIpc) is 2.21. The third-order valence-corrected chi connectivity index (χ3v) is 2.70. The van der Waals surface area contributed by atoms with Crippen LogP contribution in [0.2, 0.25) is 0 Å². The fraction of sp³-hybridized carbons (Fsp3) is 0.545. The van der Waals surface area contributed by atoms with Gasteiger partial charge in [-0.05, 0) is 35.8 Å². The molecule has 0 aliphatic carbocycles. The molecule has 5 heteroatoms. The van der Waals surface area contributed by atoms with Crippen molar-refractivity contribution in [1.82, 2.24) is 4.98 Å². The van der Waals surface area contributed by atoms with Crippen LogP contribution in [0.15, 0.2) is 16.7 Å². The summed E-state index contributed by atoms with van der Waals surface area (Å²) in [5.74, 6) is -0.445. The van der Waals surface area contributed by atoms with Gasteiger partial charge in [-0.25, -0.2) is 9.37 Å². The number of rotatable bonds is 5. The first-order valence-corrected chi connectivity index (χ1v) is 5.73. The zero-order valence-electron chi connectivity index (χ0n) is 9.59. The molecule has 16 heavy (non-hydrogen) atoms. The lowest BCUT2D eigenvalue weighted by Crippen LogP contribution is -2.25. The van der Waals surface area contributed by atoms with Crippen LogP contribution < -0.4 is 4.74 Å². The smallest absolute Gasteiger partial charge is 0.250 e. The Hall–Kier alpha value is -0.680. The van der Waals surface area contributed by atoms with Crippen molar-refractivity contribution in [3.63, 3.8) is 0 Å². The van der Waals surface area contributed by atoms with Crippen molar-refractivity contribution in [2.24, 2.45) is 0 Å². The predicted octanol–water partition coefficient (Wildman–Crippen LogP) is 3.18. The van der Waals surface area contributed by atoms with Crippen molar-refractivity contribution in [1.29, 1.82) is 0 Å². The van der Waals surface area contributed by atoms with E-state index in [4.69, 9.17) is 9.47 Å². The molecule has 0 aliphatic heterocycles. The van der Waals surface area contributed by atoms with Crippen LogP contribution in [0.4, 0.5) is 4.39 Å². The number of pyridine rings is 1. The average molecular weight is 292 g/mol. The lowest BCUT2D eigenvalue weighted by molar-refractivity contribution is 0.00472. The SMILES string of the molecule is COC(C)(C)CCOc1ncc(Br)cc1F. The second-order valence-electron chi connectivity index (χ2n) is 4.00. The van der Waals surface area contributed by atoms with Crippen molar-refractivity contribution < 1.29 is 13.9 Å². The van der Waals surface area contributed by atoms with Gasteiger partial charge in [0.15, 0.2) is 5.82 Å². The molecule has 0 bridgehead atoms. The first-order valence-electron chi connectivity index (χ1n) is 4.93. The summed E-state index contributed by atoms with van der Waals surface area (Å²) in [5, 5.41) is 0. The second kappa shape index (κ2) is 5.59. The van der Waals surface area contributed by atoms with E-state index in [-0.39, 0.29) is 11.5 Å². The minimum Gasteiger partial charge on any atom is -0.475 e. The summed E-state index contributed by atoms with van der Waals surface area (Å²) in [6, 6.07) is 1.32. The van der Waals surface area contributed by atoms with E-state index in [0.717, 1.165) is 0 Å². The van der Waals surface area contributed by atoms with Crippen LogP contribution >= 0.6 is 15.9 Å². The number of halogens is 2. The molecule has 0 saturated heterocycles. The number of aromatic nitrogens is 1. The molecule has 0 atom stereocenters. The first kappa shape index (κ1) is 13.4. The number of hydrogen-bond donors (Lipinski definition) is 0. The predicted molar refractivity (Wildman–Crippen MR) is 63.1 cm³/mol. The highest BCUT2D eigenvalue weighted by molar-refractivity contribution is 9.10. The summed E-state index contributed by atoms with van der Waals surface area (Å²) >= 11 is 3.13. The minimum absolute atomic E-state index is 0.0232. The van der Waals surface area contributed by atoms with E-state index in [1.54, 1.807) is 7.11 Å². The monoisotopic (exact) mass is 291 g/mol. The van der Waals surface area contributed by atoms with Crippen molar-refractivity contribution in [2.75, 3.05) is 13.7 Å². The largest absolute Gasteiger partial charge is 0.475 e. The Bertz CT molecular complexity index is 358. The van der Waals surface area contributed by atoms with Gasteiger partial charge in [-0.1, -0.05) is 0 Å². The Morgan fingerprint density at radius 2 is 2.19 bits per heavy atom. The summed E-state index contributed by atoms with van der Waals surface area (Å²) in [6.45, 7) is 4.26. The molecule has 0 unspecified atom stereocenters. The number of ether oxygens (including phenoxy) is 2. The fourth-order valence-corrected chi connectivity index (χ4v) is 1.31. The highest BCUT2D eigenvalue weighted by Gasteiger charge is 2.16. The Labute approximate surface area is 103 Å². The maximum Gasteiger partial charge on any atom is 0.250 e. The van der Waals surface area contributed by atoms with Crippen LogP contribution in [0.3, 0.4) is 0 Å². The summed E-state index contributed by atoms with van der Waals surface area (Å²) in [5.41, 5.74) is -0.272. The zero-order valence-corrected chi connectivity index (χ0v) is 11.2. The Kier molecular flexibility index (Phi) is 4.68. The molecule has 0 saturated carbocycles. The molecule has 90 valence electrons. The van der Waals surface area contributed by atoms with Gasteiger partial charge in [-0.2, -0.15) is 0 Å². The molecule has 0 aromatic carbocycles. The van der Waals surface area contributed by atoms with Gasteiger partial charge < -0.3 is 9.47 Å². The summed E-state index contributed by atoms with van der Waals surface area (Å²) in [6.07, 6.45) is 2.17. The third-order valence-electron chi connectivity index (χ3n) is 2.27. The lowest BCUT2D eigenvalue weighted by Gasteiger charge is -2.22. The molecule has 1 rings (SSSR count). The molecule has 0 fully saturated rings. The molecule has 0 aliphatic rings. The van der Waals surface area contributed by atoms with Gasteiger partial charge in [-0.3, -0.25) is 0 Å². The molecule has 1 aromatic rings. The molecular weight excluding hydrogens is 277 g/mol. The molecule has 0 amide bonds. The van der Waals surface area contributed by atoms with Gasteiger partial charge in [0.1, 0.15) is 0 Å². The van der Waals surface area contributed by atoms with Gasteiger partial charge in [0, 0.05) is 24.2 Å². The lowest BCUT2D eigenvalue weighted by atomic mass is 10.1. The topological polar surface area (TPSA) is 31.4 Å². The van der Waals surface area contributed by atoms with Crippen LogP contribution in [-0.4, -0.2) is 24.3 Å². The highest BCUT2D eigenvalue weighted by atomic mass is 79.9. The van der Waals surface area contributed by atoms with Crippen LogP contribution in [0.25, 0.3) is 0 Å². The minimum atomic E-state index is -0.468. The van der Waals surface area contributed by atoms with E-state index >= 15 is 0 Å². The molecule has 1 aromatic heterocycles. The van der Waals surface area contributed by atoms with E-state index in [2.05, 4.69) is 20.9 Å². The van der Waals surface area contributed by atoms with E-state index < -0.39 is 5.82 Å². The van der Waals surface area contributed by atoms with Crippen molar-refractivity contribution in [3.05, 3.63) is 22.6 Å².